The molecule has 6 heterocycles. The van der Waals surface area contributed by atoms with Crippen molar-refractivity contribution >= 4 is 46.1 Å². The van der Waals surface area contributed by atoms with E-state index in [0.717, 1.165) is 96.1 Å². The van der Waals surface area contributed by atoms with Crippen LogP contribution in [-0.4, -0.2) is 52.5 Å². The van der Waals surface area contributed by atoms with Crippen molar-refractivity contribution in [2.45, 2.75) is 38.8 Å². The third-order valence-electron chi connectivity index (χ3n) is 11.9. The van der Waals surface area contributed by atoms with Crippen LogP contribution in [0.4, 0.5) is 11.4 Å². The number of hydrogen-bond donors (Lipinski definition) is 0. The van der Waals surface area contributed by atoms with E-state index < -0.39 is 0 Å². The second-order valence-corrected chi connectivity index (χ2v) is 16.9. The Morgan fingerprint density at radius 1 is 0.475 bits per heavy atom. The summed E-state index contributed by atoms with van der Waals surface area (Å²) < 4.78 is 13.3. The van der Waals surface area contributed by atoms with Crippen molar-refractivity contribution in [3.63, 3.8) is 0 Å². The van der Waals surface area contributed by atoms with Gasteiger partial charge < -0.3 is 19.3 Å². The summed E-state index contributed by atoms with van der Waals surface area (Å²) in [5.74, 6) is 5.12. The molecule has 4 aliphatic heterocycles. The van der Waals surface area contributed by atoms with Crippen LogP contribution in [0, 0.1) is 0 Å². The molecule has 11 rings (SSSR count). The molecule has 2 aromatic heterocycles. The van der Waals surface area contributed by atoms with Gasteiger partial charge in [0.1, 0.15) is 34.7 Å². The van der Waals surface area contributed by atoms with Crippen LogP contribution in [0.25, 0.3) is 22.5 Å². The highest BCUT2D eigenvalue weighted by atomic mass is 16.5. The van der Waals surface area contributed by atoms with Gasteiger partial charge in [-0.3, -0.25) is 20.0 Å². The number of ether oxygens (including phenoxy) is 2. The highest BCUT2D eigenvalue weighted by Gasteiger charge is 2.41. The number of aliphatic imine (C=N–C) groups is 2. The second kappa shape index (κ2) is 13.3. The van der Waals surface area contributed by atoms with Crippen molar-refractivity contribution in [1.82, 2.24) is 9.97 Å². The summed E-state index contributed by atoms with van der Waals surface area (Å²) in [7, 11) is 0. The van der Waals surface area contributed by atoms with Crippen LogP contribution in [0.15, 0.2) is 162 Å². The van der Waals surface area contributed by atoms with E-state index in [9.17, 15) is 0 Å². The van der Waals surface area contributed by atoms with Crippen LogP contribution in [0.2, 0.25) is 0 Å². The van der Waals surface area contributed by atoms with E-state index >= 15 is 0 Å². The number of para-hydroxylation sites is 2. The maximum atomic E-state index is 6.63. The number of amidine groups is 2. The Morgan fingerprint density at radius 2 is 0.915 bits per heavy atom. The van der Waals surface area contributed by atoms with Gasteiger partial charge in [-0.2, -0.15) is 0 Å². The van der Waals surface area contributed by atoms with Crippen molar-refractivity contribution in [2.75, 3.05) is 22.9 Å². The molecule has 0 unspecified atom stereocenters. The maximum absolute atomic E-state index is 6.63. The fraction of sp³-hybridized carbons (Fsp3) is 0.160. The number of hydrogen-bond acceptors (Lipinski definition) is 8. The molecule has 9 heteroatoms. The minimum Gasteiger partial charge on any atom is -0.458 e. The summed E-state index contributed by atoms with van der Waals surface area (Å²) in [5, 5.41) is 0. The van der Waals surface area contributed by atoms with Gasteiger partial charge in [0.05, 0.1) is 35.6 Å². The molecule has 286 valence electrons. The first-order chi connectivity index (χ1) is 28.7. The van der Waals surface area contributed by atoms with Crippen LogP contribution < -0.4 is 35.7 Å². The Morgan fingerprint density at radius 3 is 1.34 bits per heavy atom. The zero-order valence-corrected chi connectivity index (χ0v) is 33.4. The van der Waals surface area contributed by atoms with Gasteiger partial charge in [0.2, 0.25) is 0 Å². The lowest BCUT2D eigenvalue weighted by atomic mass is 9.35. The van der Waals surface area contributed by atoms with Crippen LogP contribution >= 0.6 is 0 Å². The zero-order chi connectivity index (χ0) is 39.9. The predicted octanol–water partition coefficient (Wildman–Crippen LogP) is 8.63. The lowest BCUT2D eigenvalue weighted by molar-refractivity contribution is 0.464. The molecule has 0 N–H and O–H groups in total. The van der Waals surface area contributed by atoms with Gasteiger partial charge in [-0.15, -0.1) is 0 Å². The molecule has 0 aliphatic carbocycles. The number of benzene rings is 5. The Hall–Kier alpha value is -7.00. The fourth-order valence-electron chi connectivity index (χ4n) is 9.07. The molecule has 0 radical (unpaired) electrons. The fourth-order valence-corrected chi connectivity index (χ4v) is 9.07. The van der Waals surface area contributed by atoms with Crippen LogP contribution in [0.5, 0.6) is 23.0 Å². The van der Waals surface area contributed by atoms with Crippen molar-refractivity contribution < 1.29 is 9.47 Å². The minimum absolute atomic E-state index is 0.0529. The predicted molar refractivity (Wildman–Crippen MR) is 239 cm³/mol. The number of pyridine rings is 2. The number of nitrogens with zero attached hydrogens (tertiary/aromatic N) is 6. The van der Waals surface area contributed by atoms with Crippen LogP contribution in [0.3, 0.4) is 0 Å². The lowest BCUT2D eigenvalue weighted by Gasteiger charge is -2.34. The standard InChI is InChI=1S/C50H41BN6O2/c1-49(2)30-54-47(56(49)36-12-7-5-8-13-36)34-20-24-40(52-28-34)32-18-22-38-44(26-32)58-42-16-11-17-43-46(42)51(38)39-23-19-33(27-45(39)59-43)41-25-21-35(29-53-41)48-55-31-50(3,4)57(48)37-14-9-6-10-15-37/h5-29H,30-31H2,1-4H3. The topological polar surface area (TPSA) is 75.4 Å². The van der Waals surface area contributed by atoms with E-state index in [0.29, 0.717) is 13.1 Å². The molecule has 0 fully saturated rings. The molecule has 0 spiro atoms. The van der Waals surface area contributed by atoms with Gasteiger partial charge in [-0.05, 0) is 111 Å². The highest BCUT2D eigenvalue weighted by molar-refractivity contribution is 6.98. The molecule has 0 saturated carbocycles. The monoisotopic (exact) mass is 768 g/mol. The first kappa shape index (κ1) is 35.2. The Labute approximate surface area is 344 Å². The Kier molecular flexibility index (Phi) is 7.92. The van der Waals surface area contributed by atoms with E-state index in [-0.39, 0.29) is 17.8 Å². The first-order valence-corrected chi connectivity index (χ1v) is 20.2. The maximum Gasteiger partial charge on any atom is 0.260 e. The summed E-state index contributed by atoms with van der Waals surface area (Å²) in [6.45, 7) is 10.3. The Bertz CT molecular complexity index is 2650. The van der Waals surface area contributed by atoms with Gasteiger partial charge in [-0.25, -0.2) is 0 Å². The molecular weight excluding hydrogens is 727 g/mol. The second-order valence-electron chi connectivity index (χ2n) is 16.9. The molecule has 5 aromatic carbocycles. The summed E-state index contributed by atoms with van der Waals surface area (Å²) in [4.78, 5) is 24.5. The molecule has 0 amide bonds. The van der Waals surface area contributed by atoms with E-state index in [2.05, 4.69) is 147 Å². The van der Waals surface area contributed by atoms with E-state index in [1.165, 1.54) is 0 Å². The quantitative estimate of drug-likeness (QED) is 0.158. The molecule has 59 heavy (non-hydrogen) atoms. The first-order valence-electron chi connectivity index (χ1n) is 20.2. The van der Waals surface area contributed by atoms with E-state index in [1.54, 1.807) is 0 Å². The van der Waals surface area contributed by atoms with Crippen molar-refractivity contribution in [3.8, 4) is 45.5 Å². The summed E-state index contributed by atoms with van der Waals surface area (Å²) in [5.41, 5.74) is 10.9. The van der Waals surface area contributed by atoms with E-state index in [1.807, 2.05) is 42.7 Å². The van der Waals surface area contributed by atoms with Crippen molar-refractivity contribution in [1.29, 1.82) is 0 Å². The van der Waals surface area contributed by atoms with Gasteiger partial charge in [0.15, 0.2) is 0 Å². The van der Waals surface area contributed by atoms with Gasteiger partial charge in [-0.1, -0.05) is 66.7 Å². The normalized spacial score (nSPS) is 16.6. The SMILES string of the molecule is CC1(C)CN=C(c2ccc(-c3ccc4c(c3)Oc3cccc5c3B4c3ccc(-c4ccc(C6=NCC(C)(C)N6c6ccccc6)cn4)cc3O5)nc2)N1c1ccccc1. The average Bonchev–Trinajstić information content (AvgIpc) is 3.77. The van der Waals surface area contributed by atoms with Crippen LogP contribution in [0.1, 0.15) is 38.8 Å². The van der Waals surface area contributed by atoms with E-state index in [4.69, 9.17) is 29.4 Å². The molecule has 7 aromatic rings. The summed E-state index contributed by atoms with van der Waals surface area (Å²) in [6.07, 6.45) is 3.87. The van der Waals surface area contributed by atoms with Crippen molar-refractivity contribution in [3.05, 3.63) is 163 Å². The van der Waals surface area contributed by atoms with Gasteiger partial charge in [0, 0.05) is 51.5 Å². The minimum atomic E-state index is -0.136. The molecule has 0 bridgehead atoms. The number of aromatic nitrogens is 2. The van der Waals surface area contributed by atoms with Crippen molar-refractivity contribution in [2.24, 2.45) is 9.98 Å². The summed E-state index contributed by atoms with van der Waals surface area (Å²) >= 11 is 0. The largest absolute Gasteiger partial charge is 0.458 e. The molecule has 4 aliphatic rings. The lowest BCUT2D eigenvalue weighted by Crippen LogP contribution is -2.57. The van der Waals surface area contributed by atoms with Gasteiger partial charge >= 0.3 is 0 Å². The smallest absolute Gasteiger partial charge is 0.260 e. The zero-order valence-electron chi connectivity index (χ0n) is 33.4. The summed E-state index contributed by atoms with van der Waals surface area (Å²) in [6, 6.07) is 48.2. The molecular formula is C50H41BN6O2. The van der Waals surface area contributed by atoms with Gasteiger partial charge in [0.25, 0.3) is 6.71 Å². The molecule has 8 nitrogen and oxygen atoms in total. The average molecular weight is 769 g/mol. The van der Waals surface area contributed by atoms with Crippen LogP contribution in [-0.2, 0) is 0 Å². The highest BCUT2D eigenvalue weighted by Crippen LogP contribution is 2.38. The number of rotatable bonds is 6. The third-order valence-corrected chi connectivity index (χ3v) is 11.9. The molecule has 0 saturated heterocycles. The Balaban J connectivity index is 0.886. The number of anilines is 2. The molecule has 0 atom stereocenters. The number of fused-ring (bicyclic) bond motifs is 4. The third kappa shape index (κ3) is 5.83.